The molecular weight excluding hydrogens is 258 g/mol. The van der Waals surface area contributed by atoms with Gasteiger partial charge in [0.15, 0.2) is 0 Å². The Kier molecular flexibility index (Phi) is 5.60. The smallest absolute Gasteiger partial charge is 0.0176 e. The molecule has 0 aliphatic carbocycles. The number of benzene rings is 1. The van der Waals surface area contributed by atoms with Gasteiger partial charge in [-0.15, -0.1) is 11.8 Å². The van der Waals surface area contributed by atoms with Gasteiger partial charge in [-0.1, -0.05) is 29.3 Å². The Bertz CT molecular complexity index is 260. The predicted octanol–water partition coefficient (Wildman–Crippen LogP) is 3.67. The molecule has 1 rings (SSSR count). The van der Waals surface area contributed by atoms with Gasteiger partial charge in [0.1, 0.15) is 0 Å². The molecule has 1 aromatic rings. The van der Waals surface area contributed by atoms with Gasteiger partial charge in [0.05, 0.1) is 0 Å². The first-order chi connectivity index (χ1) is 6.72. The molecular formula is C11H16BrNS. The Labute approximate surface area is 98.6 Å². The van der Waals surface area contributed by atoms with Gasteiger partial charge in [0, 0.05) is 21.2 Å². The molecule has 0 aliphatic rings. The van der Waals surface area contributed by atoms with Crippen LogP contribution in [0.5, 0.6) is 0 Å². The number of rotatable bonds is 5. The van der Waals surface area contributed by atoms with E-state index in [2.05, 4.69) is 47.1 Å². The second-order valence-electron chi connectivity index (χ2n) is 3.31. The molecule has 1 aromatic carbocycles. The standard InChI is InChI=1S/C11H16BrNS/c1-2-3-10(13)8-14-11-6-4-9(12)5-7-11/h4-7,10H,2-3,8,13H2,1H3. The van der Waals surface area contributed by atoms with Gasteiger partial charge in [-0.3, -0.25) is 0 Å². The maximum atomic E-state index is 5.93. The zero-order valence-corrected chi connectivity index (χ0v) is 10.8. The molecule has 1 atom stereocenters. The van der Waals surface area contributed by atoms with Gasteiger partial charge in [-0.05, 0) is 30.7 Å². The summed E-state index contributed by atoms with van der Waals surface area (Å²) in [6.07, 6.45) is 2.28. The fraction of sp³-hybridized carbons (Fsp3) is 0.455. The first kappa shape index (κ1) is 12.1. The SMILES string of the molecule is CCCC(N)CSc1ccc(Br)cc1. The summed E-state index contributed by atoms with van der Waals surface area (Å²) in [5, 5.41) is 0. The van der Waals surface area contributed by atoms with Gasteiger partial charge in [-0.2, -0.15) is 0 Å². The summed E-state index contributed by atoms with van der Waals surface area (Å²) in [4.78, 5) is 1.29. The lowest BCUT2D eigenvalue weighted by molar-refractivity contribution is 0.661. The molecule has 0 radical (unpaired) electrons. The van der Waals surface area contributed by atoms with Crippen molar-refractivity contribution >= 4 is 27.7 Å². The second kappa shape index (κ2) is 6.49. The molecule has 0 aliphatic heterocycles. The molecule has 1 nitrogen and oxygen atoms in total. The van der Waals surface area contributed by atoms with Crippen LogP contribution in [-0.4, -0.2) is 11.8 Å². The zero-order chi connectivity index (χ0) is 10.4. The van der Waals surface area contributed by atoms with Crippen LogP contribution in [-0.2, 0) is 0 Å². The minimum absolute atomic E-state index is 0.327. The molecule has 1 unspecified atom stereocenters. The molecule has 0 saturated heterocycles. The highest BCUT2D eigenvalue weighted by molar-refractivity contribution is 9.10. The van der Waals surface area contributed by atoms with Crippen LogP contribution < -0.4 is 5.73 Å². The summed E-state index contributed by atoms with van der Waals surface area (Å²) in [7, 11) is 0. The number of halogens is 1. The number of hydrogen-bond donors (Lipinski definition) is 1. The predicted molar refractivity (Wildman–Crippen MR) is 67.7 cm³/mol. The third-order valence-corrected chi connectivity index (χ3v) is 3.67. The Morgan fingerprint density at radius 1 is 1.36 bits per heavy atom. The first-order valence-corrected chi connectivity index (χ1v) is 6.64. The van der Waals surface area contributed by atoms with Crippen LogP contribution >= 0.6 is 27.7 Å². The molecule has 0 spiro atoms. The summed E-state index contributed by atoms with van der Waals surface area (Å²) in [5.41, 5.74) is 5.93. The van der Waals surface area contributed by atoms with Crippen molar-refractivity contribution in [3.8, 4) is 0 Å². The maximum absolute atomic E-state index is 5.93. The quantitative estimate of drug-likeness (QED) is 0.829. The highest BCUT2D eigenvalue weighted by atomic mass is 79.9. The third-order valence-electron chi connectivity index (χ3n) is 1.94. The van der Waals surface area contributed by atoms with Gasteiger partial charge >= 0.3 is 0 Å². The number of hydrogen-bond acceptors (Lipinski definition) is 2. The summed E-state index contributed by atoms with van der Waals surface area (Å²) in [6, 6.07) is 8.69. The van der Waals surface area contributed by atoms with Crippen LogP contribution in [0.1, 0.15) is 19.8 Å². The van der Waals surface area contributed by atoms with Crippen molar-refractivity contribution in [1.29, 1.82) is 0 Å². The van der Waals surface area contributed by atoms with Crippen molar-refractivity contribution in [2.24, 2.45) is 5.73 Å². The van der Waals surface area contributed by atoms with Crippen LogP contribution in [0.25, 0.3) is 0 Å². The van der Waals surface area contributed by atoms with Gasteiger partial charge in [0.2, 0.25) is 0 Å². The van der Waals surface area contributed by atoms with E-state index in [-0.39, 0.29) is 0 Å². The third kappa shape index (κ3) is 4.49. The normalized spacial score (nSPS) is 12.8. The van der Waals surface area contributed by atoms with E-state index < -0.39 is 0 Å². The maximum Gasteiger partial charge on any atom is 0.0176 e. The molecule has 0 fully saturated rings. The second-order valence-corrected chi connectivity index (χ2v) is 5.32. The van der Waals surface area contributed by atoms with E-state index in [1.54, 1.807) is 0 Å². The summed E-state index contributed by atoms with van der Waals surface area (Å²) in [6.45, 7) is 2.17. The van der Waals surface area contributed by atoms with Crippen molar-refractivity contribution in [2.75, 3.05) is 5.75 Å². The van der Waals surface area contributed by atoms with E-state index in [1.165, 1.54) is 11.3 Å². The lowest BCUT2D eigenvalue weighted by atomic mass is 10.2. The number of nitrogens with two attached hydrogens (primary N) is 1. The zero-order valence-electron chi connectivity index (χ0n) is 8.37. The molecule has 0 heterocycles. The highest BCUT2D eigenvalue weighted by Gasteiger charge is 2.01. The van der Waals surface area contributed by atoms with Crippen LogP contribution in [0.2, 0.25) is 0 Å². The average Bonchev–Trinajstić information content (AvgIpc) is 2.17. The molecule has 0 aromatic heterocycles. The molecule has 3 heteroatoms. The Morgan fingerprint density at radius 3 is 2.57 bits per heavy atom. The largest absolute Gasteiger partial charge is 0.327 e. The minimum atomic E-state index is 0.327. The Hall–Kier alpha value is 0.01000. The molecule has 0 amide bonds. The molecule has 0 saturated carbocycles. The van der Waals surface area contributed by atoms with Crippen LogP contribution in [0.3, 0.4) is 0 Å². The molecule has 0 bridgehead atoms. The van der Waals surface area contributed by atoms with Crippen LogP contribution in [0, 0.1) is 0 Å². The van der Waals surface area contributed by atoms with E-state index >= 15 is 0 Å². The van der Waals surface area contributed by atoms with Gasteiger partial charge < -0.3 is 5.73 Å². The lowest BCUT2D eigenvalue weighted by Crippen LogP contribution is -2.22. The molecule has 78 valence electrons. The summed E-state index contributed by atoms with van der Waals surface area (Å²) >= 11 is 5.25. The average molecular weight is 274 g/mol. The van der Waals surface area contributed by atoms with Gasteiger partial charge in [0.25, 0.3) is 0 Å². The fourth-order valence-electron chi connectivity index (χ4n) is 1.19. The Balaban J connectivity index is 2.34. The van der Waals surface area contributed by atoms with E-state index in [1.807, 2.05) is 11.8 Å². The topological polar surface area (TPSA) is 26.0 Å². The van der Waals surface area contributed by atoms with Crippen LogP contribution in [0.15, 0.2) is 33.6 Å². The number of thioether (sulfide) groups is 1. The van der Waals surface area contributed by atoms with Crippen molar-refractivity contribution in [1.82, 2.24) is 0 Å². The molecule has 2 N–H and O–H groups in total. The minimum Gasteiger partial charge on any atom is -0.327 e. The van der Waals surface area contributed by atoms with Crippen molar-refractivity contribution < 1.29 is 0 Å². The van der Waals surface area contributed by atoms with E-state index in [4.69, 9.17) is 5.73 Å². The first-order valence-electron chi connectivity index (χ1n) is 4.86. The summed E-state index contributed by atoms with van der Waals surface area (Å²) in [5.74, 6) is 1.01. The highest BCUT2D eigenvalue weighted by Crippen LogP contribution is 2.21. The van der Waals surface area contributed by atoms with E-state index in [0.29, 0.717) is 6.04 Å². The fourth-order valence-corrected chi connectivity index (χ4v) is 2.35. The Morgan fingerprint density at radius 2 is 2.00 bits per heavy atom. The van der Waals surface area contributed by atoms with Gasteiger partial charge in [-0.25, -0.2) is 0 Å². The van der Waals surface area contributed by atoms with E-state index in [9.17, 15) is 0 Å². The monoisotopic (exact) mass is 273 g/mol. The molecule has 14 heavy (non-hydrogen) atoms. The van der Waals surface area contributed by atoms with Crippen molar-refractivity contribution in [3.05, 3.63) is 28.7 Å². The summed E-state index contributed by atoms with van der Waals surface area (Å²) < 4.78 is 1.12. The lowest BCUT2D eigenvalue weighted by Gasteiger charge is -2.09. The van der Waals surface area contributed by atoms with Crippen molar-refractivity contribution in [2.45, 2.75) is 30.7 Å². The van der Waals surface area contributed by atoms with Crippen molar-refractivity contribution in [3.63, 3.8) is 0 Å². The van der Waals surface area contributed by atoms with E-state index in [0.717, 1.165) is 16.6 Å². The van der Waals surface area contributed by atoms with Crippen LogP contribution in [0.4, 0.5) is 0 Å².